The first-order valence-electron chi connectivity index (χ1n) is 11.7. The number of nitrogens with zero attached hydrogens (tertiary/aromatic N) is 2. The number of carbonyl (C=O) groups excluding carboxylic acids is 2. The van der Waals surface area contributed by atoms with Crippen molar-refractivity contribution in [3.63, 3.8) is 0 Å². The van der Waals surface area contributed by atoms with Gasteiger partial charge in [-0.3, -0.25) is 0 Å². The molecule has 37 heavy (non-hydrogen) atoms. The minimum absolute atomic E-state index is 0.311. The van der Waals surface area contributed by atoms with Crippen LogP contribution in [-0.4, -0.2) is 39.0 Å². The fourth-order valence-corrected chi connectivity index (χ4v) is 7.38. The van der Waals surface area contributed by atoms with Crippen LogP contribution in [0.5, 0.6) is 11.5 Å². The Bertz CT molecular complexity index is 1520. The number of aryl methyl sites for hydroxylation is 2. The van der Waals surface area contributed by atoms with Crippen molar-refractivity contribution >= 4 is 62.2 Å². The maximum atomic E-state index is 13.3. The third-order valence-electron chi connectivity index (χ3n) is 5.82. The molecule has 0 amide bonds. The molecule has 0 saturated carbocycles. The average Bonchev–Trinajstić information content (AvgIpc) is 3.38. The Balaban J connectivity index is 1.53. The Labute approximate surface area is 224 Å². The number of hydrogen-bond acceptors (Lipinski definition) is 8. The van der Waals surface area contributed by atoms with Crippen LogP contribution in [-0.2, 0) is 13.1 Å². The summed E-state index contributed by atoms with van der Waals surface area (Å²) in [6, 6.07) is 20.6. The number of benzene rings is 2. The van der Waals surface area contributed by atoms with Crippen LogP contribution in [0.2, 0.25) is 0 Å². The molecule has 0 aliphatic rings. The van der Waals surface area contributed by atoms with Gasteiger partial charge in [-0.05, 0) is 0 Å². The molecular weight excluding hydrogens is 546 g/mol. The number of fused-ring (bicyclic) bond motifs is 2. The van der Waals surface area contributed by atoms with E-state index in [2.05, 4.69) is 9.97 Å². The maximum absolute atomic E-state index is 13.3. The Hall–Kier alpha value is -3.66. The Morgan fingerprint density at radius 2 is 1.38 bits per heavy atom. The Morgan fingerprint density at radius 1 is 0.811 bits per heavy atom. The molecule has 3 heterocycles. The second-order valence-electron chi connectivity index (χ2n) is 8.62. The van der Waals surface area contributed by atoms with Gasteiger partial charge in [0.25, 0.3) is 0 Å². The molecule has 9 heteroatoms. The number of aromatic nitrogens is 2. The summed E-state index contributed by atoms with van der Waals surface area (Å²) in [4.78, 5) is 35.0. The van der Waals surface area contributed by atoms with Gasteiger partial charge < -0.3 is 0 Å². The van der Waals surface area contributed by atoms with E-state index in [0.29, 0.717) is 28.1 Å². The van der Waals surface area contributed by atoms with Crippen molar-refractivity contribution < 1.29 is 20.2 Å². The second-order valence-corrected chi connectivity index (χ2v) is 12.1. The summed E-state index contributed by atoms with van der Waals surface area (Å²) in [5, 5.41) is 5.36. The molecule has 184 valence electrons. The number of Topliss-reactive ketones (excluding diaryl/α,β-unsaturated/α-hetero) is 1. The molecule has 0 aliphatic carbocycles. The molecule has 1 atom stereocenters. The normalized spacial score (nSPS) is 11.8. The van der Waals surface area contributed by atoms with Crippen LogP contribution >= 0.6 is 11.3 Å². The number of ketones is 1. The topological polar surface area (TPSA) is 87.6 Å². The first-order chi connectivity index (χ1) is 17.9. The van der Waals surface area contributed by atoms with Gasteiger partial charge in [-0.15, -0.1) is 0 Å². The molecule has 0 unspecified atom stereocenters. The van der Waals surface area contributed by atoms with Gasteiger partial charge in [-0.1, -0.05) is 0 Å². The zero-order valence-corrected chi connectivity index (χ0v) is 23.7. The van der Waals surface area contributed by atoms with Crippen LogP contribution in [0.1, 0.15) is 29.8 Å². The molecule has 0 N–H and O–H groups in total. The first kappa shape index (κ1) is 25.0. The Morgan fingerprint density at radius 3 is 1.86 bits per heavy atom. The van der Waals surface area contributed by atoms with E-state index in [0.717, 1.165) is 22.2 Å². The monoisotopic (exact) mass is 568 g/mol. The quantitative estimate of drug-likeness (QED) is 0.172. The molecule has 0 saturated heterocycles. The number of pyridine rings is 2. The summed E-state index contributed by atoms with van der Waals surface area (Å²) >= 11 is -2.48. The summed E-state index contributed by atoms with van der Waals surface area (Å²) in [6.07, 6.45) is 0. The molecule has 5 aromatic rings. The standard InChI is InChI=1S/2C10H9NO.C8H8O3S.Ga/c2*1-7-5-6-8-3-2-4-9(12)10(8)11-7;1-5(9)7(8(10)11)6-2-3-12-4-6;/h2*2-6,12H,1H3;2-4,7H,1H3,(H,10,11);/q;;;+3/p-3/t;;7-;/m..1./s1. The average molecular weight is 569 g/mol. The molecule has 0 radical (unpaired) electrons. The van der Waals surface area contributed by atoms with Gasteiger partial charge in [0.2, 0.25) is 0 Å². The fourth-order valence-electron chi connectivity index (χ4n) is 4.04. The van der Waals surface area contributed by atoms with Crippen molar-refractivity contribution in [2.45, 2.75) is 26.7 Å². The number of para-hydroxylation sites is 2. The van der Waals surface area contributed by atoms with Crippen LogP contribution < -0.4 is 7.06 Å². The minimum atomic E-state index is -3.89. The molecule has 0 bridgehead atoms. The van der Waals surface area contributed by atoms with Crippen molar-refractivity contribution in [3.8, 4) is 11.5 Å². The summed E-state index contributed by atoms with van der Waals surface area (Å²) in [5.74, 6) is -1.14. The fraction of sp³-hybridized carbons (Fsp3) is 0.143. The molecule has 0 aliphatic heterocycles. The number of thiophene rings is 1. The van der Waals surface area contributed by atoms with E-state index in [-0.39, 0.29) is 5.78 Å². The van der Waals surface area contributed by atoms with Crippen LogP contribution in [0.25, 0.3) is 21.8 Å². The van der Waals surface area contributed by atoms with Crippen LogP contribution in [0.15, 0.2) is 77.5 Å². The van der Waals surface area contributed by atoms with Crippen LogP contribution in [0, 0.1) is 13.8 Å². The van der Waals surface area contributed by atoms with E-state index in [4.69, 9.17) is 10.6 Å². The predicted molar refractivity (Wildman–Crippen MR) is 144 cm³/mol. The zero-order valence-electron chi connectivity index (χ0n) is 20.5. The van der Waals surface area contributed by atoms with Gasteiger partial charge in [-0.2, -0.15) is 0 Å². The third kappa shape index (κ3) is 5.53. The van der Waals surface area contributed by atoms with E-state index >= 15 is 0 Å². The van der Waals surface area contributed by atoms with Gasteiger partial charge in [0.05, 0.1) is 0 Å². The van der Waals surface area contributed by atoms with Crippen molar-refractivity contribution in [2.24, 2.45) is 0 Å². The number of hydrogen-bond donors (Lipinski definition) is 0. The van der Waals surface area contributed by atoms with Gasteiger partial charge in [0.15, 0.2) is 0 Å². The van der Waals surface area contributed by atoms with Crippen molar-refractivity contribution in [3.05, 3.63) is 94.4 Å². The predicted octanol–water partition coefficient (Wildman–Crippen LogP) is 5.82. The van der Waals surface area contributed by atoms with E-state index in [1.165, 1.54) is 18.3 Å². The van der Waals surface area contributed by atoms with E-state index in [1.807, 2.05) is 67.8 Å². The van der Waals surface area contributed by atoms with Gasteiger partial charge >= 0.3 is 225 Å². The summed E-state index contributed by atoms with van der Waals surface area (Å²) in [5.41, 5.74) is 3.53. The second kappa shape index (κ2) is 10.8. The van der Waals surface area contributed by atoms with E-state index in [9.17, 15) is 9.59 Å². The molecule has 2 aromatic carbocycles. The van der Waals surface area contributed by atoms with Crippen LogP contribution in [0.3, 0.4) is 0 Å². The Kier molecular flexibility index (Phi) is 7.27. The summed E-state index contributed by atoms with van der Waals surface area (Å²) in [7, 11) is 0. The van der Waals surface area contributed by atoms with Gasteiger partial charge in [-0.25, -0.2) is 0 Å². The molecule has 0 fully saturated rings. The zero-order chi connectivity index (χ0) is 25.9. The van der Waals surface area contributed by atoms with E-state index < -0.39 is 29.2 Å². The van der Waals surface area contributed by atoms with Gasteiger partial charge in [0, 0.05) is 0 Å². The van der Waals surface area contributed by atoms with Gasteiger partial charge in [0.1, 0.15) is 0 Å². The van der Waals surface area contributed by atoms with Crippen molar-refractivity contribution in [2.75, 3.05) is 0 Å². The third-order valence-corrected chi connectivity index (χ3v) is 9.29. The van der Waals surface area contributed by atoms with E-state index in [1.54, 1.807) is 23.6 Å². The van der Waals surface area contributed by atoms with Crippen molar-refractivity contribution in [1.82, 2.24) is 9.97 Å². The molecule has 0 spiro atoms. The number of carbonyl (C=O) groups is 2. The molecule has 7 nitrogen and oxygen atoms in total. The summed E-state index contributed by atoms with van der Waals surface area (Å²) in [6.45, 7) is 5.17. The molecule has 3 aromatic heterocycles. The molecule has 5 rings (SSSR count). The first-order valence-corrected chi connectivity index (χ1v) is 15.6. The van der Waals surface area contributed by atoms with Crippen LogP contribution in [0.4, 0.5) is 0 Å². The van der Waals surface area contributed by atoms with Crippen molar-refractivity contribution in [1.29, 1.82) is 0 Å². The summed E-state index contributed by atoms with van der Waals surface area (Å²) < 4.78 is 18.5. The SMILES string of the molecule is CC(=O)[C@@H](C(=O)[O][Ga]([O]c1cccc2ccc(C)nc12)[O]c1cccc2ccc(C)nc12)c1ccsc1. The molecular formula is C28H23GaN2O5S. The number of rotatable bonds is 8.